The van der Waals surface area contributed by atoms with Crippen molar-refractivity contribution in [2.24, 2.45) is 0 Å². The normalized spacial score (nSPS) is 38.3. The van der Waals surface area contributed by atoms with Crippen LogP contribution >= 0.6 is 0 Å². The van der Waals surface area contributed by atoms with Crippen molar-refractivity contribution in [3.8, 4) is 0 Å². The molecule has 3 aliphatic heterocycles. The van der Waals surface area contributed by atoms with E-state index in [4.69, 9.17) is 4.74 Å². The second kappa shape index (κ2) is 5.27. The van der Waals surface area contributed by atoms with E-state index in [1.807, 2.05) is 0 Å². The molecule has 3 atom stereocenters. The first-order chi connectivity index (χ1) is 8.76. The van der Waals surface area contributed by atoms with Gasteiger partial charge in [0, 0.05) is 44.6 Å². The summed E-state index contributed by atoms with van der Waals surface area (Å²) in [4.78, 5) is 16.6. The molecule has 0 saturated carbocycles. The molecule has 3 heterocycles. The van der Waals surface area contributed by atoms with Crippen molar-refractivity contribution in [2.75, 3.05) is 32.8 Å². The van der Waals surface area contributed by atoms with Gasteiger partial charge in [0.15, 0.2) is 0 Å². The van der Waals surface area contributed by atoms with E-state index in [-0.39, 0.29) is 0 Å². The van der Waals surface area contributed by atoms with E-state index < -0.39 is 0 Å². The molecule has 102 valence electrons. The van der Waals surface area contributed by atoms with Crippen LogP contribution in [0.3, 0.4) is 0 Å². The van der Waals surface area contributed by atoms with Gasteiger partial charge in [0.25, 0.3) is 0 Å². The molecular formula is C14H24N2O2. The number of fused-ring (bicyclic) bond motifs is 2. The highest BCUT2D eigenvalue weighted by atomic mass is 16.5. The summed E-state index contributed by atoms with van der Waals surface area (Å²) in [5.74, 6) is 0.471. The minimum Gasteiger partial charge on any atom is -0.374 e. The number of carbonyl (C=O) groups is 1. The molecule has 2 bridgehead atoms. The van der Waals surface area contributed by atoms with Gasteiger partial charge < -0.3 is 4.74 Å². The number of ketones is 1. The fraction of sp³-hybridized carbons (Fsp3) is 0.929. The van der Waals surface area contributed by atoms with Crippen LogP contribution in [0.15, 0.2) is 0 Å². The Morgan fingerprint density at radius 2 is 2.00 bits per heavy atom. The second-order valence-corrected chi connectivity index (χ2v) is 5.91. The van der Waals surface area contributed by atoms with Crippen LogP contribution in [0, 0.1) is 0 Å². The fourth-order valence-corrected chi connectivity index (χ4v) is 3.77. The van der Waals surface area contributed by atoms with Crippen molar-refractivity contribution >= 4 is 5.78 Å². The molecule has 3 rings (SSSR count). The number of likely N-dealkylation sites (N-methyl/N-ethyl adjacent to an activating group) is 1. The van der Waals surface area contributed by atoms with Gasteiger partial charge in [0.05, 0.1) is 12.7 Å². The maximum absolute atomic E-state index is 11.6. The topological polar surface area (TPSA) is 32.8 Å². The highest BCUT2D eigenvalue weighted by Crippen LogP contribution is 2.34. The van der Waals surface area contributed by atoms with Crippen LogP contribution in [-0.4, -0.2) is 66.6 Å². The summed E-state index contributed by atoms with van der Waals surface area (Å²) in [5.41, 5.74) is 0. The van der Waals surface area contributed by atoms with Gasteiger partial charge >= 0.3 is 0 Å². The average molecular weight is 252 g/mol. The van der Waals surface area contributed by atoms with Gasteiger partial charge in [-0.2, -0.15) is 0 Å². The zero-order valence-corrected chi connectivity index (χ0v) is 11.3. The monoisotopic (exact) mass is 252 g/mol. The SMILES string of the molecule is CCN1CCOC(CN2C3CCC2CC(=O)C3)C1. The lowest BCUT2D eigenvalue weighted by atomic mass is 10.0. The van der Waals surface area contributed by atoms with Gasteiger partial charge in [-0.25, -0.2) is 0 Å². The van der Waals surface area contributed by atoms with Crippen molar-refractivity contribution < 1.29 is 9.53 Å². The molecule has 0 aromatic carbocycles. The molecule has 0 N–H and O–H groups in total. The molecule has 0 radical (unpaired) electrons. The van der Waals surface area contributed by atoms with Crippen molar-refractivity contribution in [1.29, 1.82) is 0 Å². The predicted octanol–water partition coefficient (Wildman–Crippen LogP) is 0.903. The van der Waals surface area contributed by atoms with E-state index in [2.05, 4.69) is 16.7 Å². The van der Waals surface area contributed by atoms with E-state index in [0.29, 0.717) is 24.0 Å². The fourth-order valence-electron chi connectivity index (χ4n) is 3.77. The largest absolute Gasteiger partial charge is 0.374 e. The first-order valence-electron chi connectivity index (χ1n) is 7.37. The summed E-state index contributed by atoms with van der Waals surface area (Å²) in [6, 6.07) is 1.02. The Bertz CT molecular complexity index is 305. The number of carbonyl (C=O) groups excluding carboxylic acids is 1. The number of hydrogen-bond donors (Lipinski definition) is 0. The molecule has 3 unspecified atom stereocenters. The summed E-state index contributed by atoms with van der Waals surface area (Å²) in [7, 11) is 0. The van der Waals surface area contributed by atoms with E-state index in [0.717, 1.165) is 45.6 Å². The number of piperidine rings is 1. The van der Waals surface area contributed by atoms with E-state index in [1.165, 1.54) is 12.8 Å². The number of rotatable bonds is 3. The Morgan fingerprint density at radius 3 is 2.67 bits per heavy atom. The maximum Gasteiger partial charge on any atom is 0.136 e. The van der Waals surface area contributed by atoms with Gasteiger partial charge in [0.1, 0.15) is 5.78 Å². The van der Waals surface area contributed by atoms with Crippen LogP contribution in [0.4, 0.5) is 0 Å². The second-order valence-electron chi connectivity index (χ2n) is 5.91. The van der Waals surface area contributed by atoms with Gasteiger partial charge in [-0.3, -0.25) is 14.6 Å². The minimum atomic E-state index is 0.343. The quantitative estimate of drug-likeness (QED) is 0.747. The van der Waals surface area contributed by atoms with Crippen LogP contribution < -0.4 is 0 Å². The van der Waals surface area contributed by atoms with Crippen LogP contribution in [0.1, 0.15) is 32.6 Å². The van der Waals surface area contributed by atoms with Gasteiger partial charge in [-0.15, -0.1) is 0 Å². The number of morpholine rings is 1. The summed E-state index contributed by atoms with van der Waals surface area (Å²) in [5, 5.41) is 0. The van der Waals surface area contributed by atoms with Gasteiger partial charge in [0.2, 0.25) is 0 Å². The Labute approximate surface area is 109 Å². The molecule has 0 amide bonds. The Balaban J connectivity index is 1.58. The highest BCUT2D eigenvalue weighted by Gasteiger charge is 2.41. The number of nitrogens with zero attached hydrogens (tertiary/aromatic N) is 2. The van der Waals surface area contributed by atoms with E-state index >= 15 is 0 Å². The van der Waals surface area contributed by atoms with Crippen molar-refractivity contribution in [2.45, 2.75) is 50.8 Å². The van der Waals surface area contributed by atoms with Crippen molar-refractivity contribution in [3.63, 3.8) is 0 Å². The molecule has 0 aromatic heterocycles. The molecular weight excluding hydrogens is 228 g/mol. The van der Waals surface area contributed by atoms with E-state index in [1.54, 1.807) is 0 Å². The lowest BCUT2D eigenvalue weighted by molar-refractivity contribution is -0.125. The lowest BCUT2D eigenvalue weighted by Gasteiger charge is -2.39. The molecule has 3 saturated heterocycles. The molecule has 3 aliphatic rings. The van der Waals surface area contributed by atoms with Crippen LogP contribution in [0.5, 0.6) is 0 Å². The Hall–Kier alpha value is -0.450. The first kappa shape index (κ1) is 12.6. The highest BCUT2D eigenvalue weighted by molar-refractivity contribution is 5.80. The summed E-state index contributed by atoms with van der Waals surface area (Å²) in [6.07, 6.45) is 4.32. The van der Waals surface area contributed by atoms with Crippen LogP contribution in [0.2, 0.25) is 0 Å². The molecule has 0 aliphatic carbocycles. The molecule has 3 fully saturated rings. The predicted molar refractivity (Wildman–Crippen MR) is 69.6 cm³/mol. The zero-order chi connectivity index (χ0) is 12.5. The summed E-state index contributed by atoms with van der Waals surface area (Å²) < 4.78 is 5.90. The molecule has 4 nitrogen and oxygen atoms in total. The molecule has 4 heteroatoms. The minimum absolute atomic E-state index is 0.343. The Morgan fingerprint density at radius 1 is 1.28 bits per heavy atom. The van der Waals surface area contributed by atoms with Gasteiger partial charge in [-0.1, -0.05) is 6.92 Å². The third-order valence-electron chi connectivity index (χ3n) is 4.78. The third kappa shape index (κ3) is 2.46. The summed E-state index contributed by atoms with van der Waals surface area (Å²) in [6.45, 7) is 7.34. The number of Topliss-reactive ketones (excluding diaryl/α,β-unsaturated/α-hetero) is 1. The molecule has 0 aromatic rings. The van der Waals surface area contributed by atoms with E-state index in [9.17, 15) is 4.79 Å². The van der Waals surface area contributed by atoms with Crippen molar-refractivity contribution in [3.05, 3.63) is 0 Å². The number of hydrogen-bond acceptors (Lipinski definition) is 4. The standard InChI is InChI=1S/C14H24N2O2/c1-2-15-5-6-18-14(9-15)10-16-11-3-4-12(16)8-13(17)7-11/h11-12,14H,2-10H2,1H3. The van der Waals surface area contributed by atoms with Crippen LogP contribution in [-0.2, 0) is 9.53 Å². The number of ether oxygens (including phenoxy) is 1. The lowest BCUT2D eigenvalue weighted by Crippen LogP contribution is -2.52. The summed E-state index contributed by atoms with van der Waals surface area (Å²) >= 11 is 0. The third-order valence-corrected chi connectivity index (χ3v) is 4.78. The molecule has 18 heavy (non-hydrogen) atoms. The van der Waals surface area contributed by atoms with Gasteiger partial charge in [-0.05, 0) is 19.4 Å². The van der Waals surface area contributed by atoms with Crippen LogP contribution in [0.25, 0.3) is 0 Å². The average Bonchev–Trinajstić information content (AvgIpc) is 2.62. The molecule has 0 spiro atoms. The van der Waals surface area contributed by atoms with Crippen molar-refractivity contribution in [1.82, 2.24) is 9.80 Å². The first-order valence-corrected chi connectivity index (χ1v) is 7.37. The Kier molecular flexibility index (Phi) is 3.68. The smallest absolute Gasteiger partial charge is 0.136 e. The maximum atomic E-state index is 11.6. The zero-order valence-electron chi connectivity index (χ0n) is 11.3.